The molecule has 70 valence electrons. The molecule has 2 N–H and O–H groups in total. The molecular formula is C9H18N2O. The van der Waals surface area contributed by atoms with Gasteiger partial charge < -0.3 is 10.6 Å². The van der Waals surface area contributed by atoms with Gasteiger partial charge >= 0.3 is 0 Å². The van der Waals surface area contributed by atoms with E-state index in [4.69, 9.17) is 0 Å². The lowest BCUT2D eigenvalue weighted by atomic mass is 9.78. The van der Waals surface area contributed by atoms with Gasteiger partial charge in [-0.15, -0.1) is 0 Å². The average molecular weight is 170 g/mol. The van der Waals surface area contributed by atoms with E-state index in [2.05, 4.69) is 17.6 Å². The molecule has 1 aliphatic heterocycles. The van der Waals surface area contributed by atoms with Crippen LogP contribution in [0.4, 0.5) is 0 Å². The SMILES string of the molecule is CC1(CCNC=O)CCNCC1. The summed E-state index contributed by atoms with van der Waals surface area (Å²) in [6.45, 7) is 5.37. The Morgan fingerprint density at radius 2 is 2.17 bits per heavy atom. The summed E-state index contributed by atoms with van der Waals surface area (Å²) in [7, 11) is 0. The summed E-state index contributed by atoms with van der Waals surface area (Å²) in [5.41, 5.74) is 0.446. The van der Waals surface area contributed by atoms with Gasteiger partial charge in [0.1, 0.15) is 0 Å². The fourth-order valence-corrected chi connectivity index (χ4v) is 1.71. The maximum atomic E-state index is 10.0. The monoisotopic (exact) mass is 170 g/mol. The summed E-state index contributed by atoms with van der Waals surface area (Å²) >= 11 is 0. The summed E-state index contributed by atoms with van der Waals surface area (Å²) in [4.78, 5) is 10.0. The van der Waals surface area contributed by atoms with Crippen molar-refractivity contribution in [3.63, 3.8) is 0 Å². The molecule has 1 heterocycles. The number of piperidine rings is 1. The lowest BCUT2D eigenvalue weighted by molar-refractivity contribution is -0.109. The molecule has 0 aromatic heterocycles. The van der Waals surface area contributed by atoms with Gasteiger partial charge in [0.2, 0.25) is 6.41 Å². The number of nitrogens with one attached hydrogen (secondary N) is 2. The first kappa shape index (κ1) is 9.52. The van der Waals surface area contributed by atoms with E-state index in [1.54, 1.807) is 0 Å². The molecule has 0 bridgehead atoms. The quantitative estimate of drug-likeness (QED) is 0.477. The molecule has 3 heteroatoms. The van der Waals surface area contributed by atoms with E-state index in [9.17, 15) is 4.79 Å². The highest BCUT2D eigenvalue weighted by Gasteiger charge is 2.25. The normalized spacial score (nSPS) is 21.8. The molecule has 1 rings (SSSR count). The number of amides is 1. The molecule has 1 aliphatic rings. The molecule has 0 spiro atoms. The Balaban J connectivity index is 2.21. The van der Waals surface area contributed by atoms with Crippen LogP contribution in [0.5, 0.6) is 0 Å². The topological polar surface area (TPSA) is 41.1 Å². The van der Waals surface area contributed by atoms with Crippen LogP contribution >= 0.6 is 0 Å². The van der Waals surface area contributed by atoms with Gasteiger partial charge in [0.15, 0.2) is 0 Å². The molecule has 0 aromatic rings. The third-order valence-electron chi connectivity index (χ3n) is 2.77. The van der Waals surface area contributed by atoms with E-state index in [1.807, 2.05) is 0 Å². The van der Waals surface area contributed by atoms with Crippen molar-refractivity contribution in [3.05, 3.63) is 0 Å². The molecule has 0 aliphatic carbocycles. The van der Waals surface area contributed by atoms with E-state index in [0.29, 0.717) is 5.41 Å². The first-order chi connectivity index (χ1) is 5.77. The summed E-state index contributed by atoms with van der Waals surface area (Å²) < 4.78 is 0. The molecule has 1 fully saturated rings. The Labute approximate surface area is 73.9 Å². The summed E-state index contributed by atoms with van der Waals surface area (Å²) in [6, 6.07) is 0. The third kappa shape index (κ3) is 2.81. The maximum Gasteiger partial charge on any atom is 0.207 e. The van der Waals surface area contributed by atoms with Crippen LogP contribution in [0.3, 0.4) is 0 Å². The second-order valence-corrected chi connectivity index (χ2v) is 3.88. The van der Waals surface area contributed by atoms with Crippen molar-refractivity contribution in [2.24, 2.45) is 5.41 Å². The minimum absolute atomic E-state index is 0.446. The van der Waals surface area contributed by atoms with Crippen molar-refractivity contribution in [1.29, 1.82) is 0 Å². The highest BCUT2D eigenvalue weighted by Crippen LogP contribution is 2.30. The first-order valence-corrected chi connectivity index (χ1v) is 4.65. The van der Waals surface area contributed by atoms with Crippen molar-refractivity contribution in [2.75, 3.05) is 19.6 Å². The average Bonchev–Trinajstić information content (AvgIpc) is 2.06. The number of rotatable bonds is 4. The van der Waals surface area contributed by atoms with Crippen LogP contribution in [-0.2, 0) is 4.79 Å². The molecule has 0 saturated carbocycles. The van der Waals surface area contributed by atoms with Gasteiger partial charge in [-0.2, -0.15) is 0 Å². The van der Waals surface area contributed by atoms with E-state index < -0.39 is 0 Å². The summed E-state index contributed by atoms with van der Waals surface area (Å²) in [6.07, 6.45) is 4.35. The Morgan fingerprint density at radius 1 is 1.50 bits per heavy atom. The molecule has 0 aromatic carbocycles. The zero-order valence-electron chi connectivity index (χ0n) is 7.73. The van der Waals surface area contributed by atoms with Gasteiger partial charge in [0.05, 0.1) is 0 Å². The zero-order chi connectivity index (χ0) is 8.86. The van der Waals surface area contributed by atoms with Gasteiger partial charge in [-0.05, 0) is 37.8 Å². The number of carbonyl (C=O) groups excluding carboxylic acids is 1. The van der Waals surface area contributed by atoms with Gasteiger partial charge in [-0.3, -0.25) is 4.79 Å². The Morgan fingerprint density at radius 3 is 2.75 bits per heavy atom. The predicted molar refractivity (Wildman–Crippen MR) is 48.9 cm³/mol. The summed E-state index contributed by atoms with van der Waals surface area (Å²) in [5, 5.41) is 6.06. The Hall–Kier alpha value is -0.570. The van der Waals surface area contributed by atoms with E-state index in [0.717, 1.165) is 32.5 Å². The minimum atomic E-state index is 0.446. The lowest BCUT2D eigenvalue weighted by Gasteiger charge is -2.33. The van der Waals surface area contributed by atoms with Crippen molar-refractivity contribution in [3.8, 4) is 0 Å². The minimum Gasteiger partial charge on any atom is -0.359 e. The molecule has 0 radical (unpaired) electrons. The van der Waals surface area contributed by atoms with E-state index >= 15 is 0 Å². The second kappa shape index (κ2) is 4.45. The highest BCUT2D eigenvalue weighted by molar-refractivity contribution is 5.45. The van der Waals surface area contributed by atoms with Crippen molar-refractivity contribution in [2.45, 2.75) is 26.2 Å². The smallest absolute Gasteiger partial charge is 0.207 e. The third-order valence-corrected chi connectivity index (χ3v) is 2.77. The molecule has 12 heavy (non-hydrogen) atoms. The van der Waals surface area contributed by atoms with Crippen LogP contribution < -0.4 is 10.6 Å². The number of hydrogen-bond acceptors (Lipinski definition) is 2. The molecule has 1 amide bonds. The predicted octanol–water partition coefficient (Wildman–Crippen LogP) is 0.512. The fourth-order valence-electron chi connectivity index (χ4n) is 1.71. The maximum absolute atomic E-state index is 10.0. The number of hydrogen-bond donors (Lipinski definition) is 2. The molecule has 0 atom stereocenters. The lowest BCUT2D eigenvalue weighted by Crippen LogP contribution is -2.36. The zero-order valence-corrected chi connectivity index (χ0v) is 7.73. The molecular weight excluding hydrogens is 152 g/mol. The van der Waals surface area contributed by atoms with Gasteiger partial charge in [-0.25, -0.2) is 0 Å². The van der Waals surface area contributed by atoms with Gasteiger partial charge in [0.25, 0.3) is 0 Å². The van der Waals surface area contributed by atoms with Crippen LogP contribution in [-0.4, -0.2) is 26.0 Å². The Bertz CT molecular complexity index is 141. The van der Waals surface area contributed by atoms with E-state index in [-0.39, 0.29) is 0 Å². The molecule has 1 saturated heterocycles. The first-order valence-electron chi connectivity index (χ1n) is 4.65. The number of carbonyl (C=O) groups is 1. The van der Waals surface area contributed by atoms with Crippen molar-refractivity contribution in [1.82, 2.24) is 10.6 Å². The van der Waals surface area contributed by atoms with E-state index in [1.165, 1.54) is 12.8 Å². The van der Waals surface area contributed by atoms with Gasteiger partial charge in [-0.1, -0.05) is 6.92 Å². The van der Waals surface area contributed by atoms with Crippen LogP contribution in [0, 0.1) is 5.41 Å². The molecule has 3 nitrogen and oxygen atoms in total. The Kier molecular flexibility index (Phi) is 3.53. The van der Waals surface area contributed by atoms with Crippen LogP contribution in [0.15, 0.2) is 0 Å². The highest BCUT2D eigenvalue weighted by atomic mass is 16.1. The van der Waals surface area contributed by atoms with Crippen LogP contribution in [0.1, 0.15) is 26.2 Å². The fraction of sp³-hybridized carbons (Fsp3) is 0.889. The largest absolute Gasteiger partial charge is 0.359 e. The van der Waals surface area contributed by atoms with Crippen molar-refractivity contribution < 1.29 is 4.79 Å². The van der Waals surface area contributed by atoms with Gasteiger partial charge in [0, 0.05) is 6.54 Å². The standard InChI is InChI=1S/C9H18N2O/c1-9(4-7-11-8-12)2-5-10-6-3-9/h8,10H,2-7H2,1H3,(H,11,12). The van der Waals surface area contributed by atoms with Crippen LogP contribution in [0.2, 0.25) is 0 Å². The molecule has 0 unspecified atom stereocenters. The summed E-state index contributed by atoms with van der Waals surface area (Å²) in [5.74, 6) is 0. The van der Waals surface area contributed by atoms with Crippen LogP contribution in [0.25, 0.3) is 0 Å². The van der Waals surface area contributed by atoms with Crippen molar-refractivity contribution >= 4 is 6.41 Å². The second-order valence-electron chi connectivity index (χ2n) is 3.88.